The monoisotopic (exact) mass is 502 g/mol. The van der Waals surface area contributed by atoms with Crippen molar-refractivity contribution >= 4 is 11.8 Å². The van der Waals surface area contributed by atoms with E-state index in [-0.39, 0.29) is 42.3 Å². The molecule has 0 aromatic carbocycles. The number of carbonyl (C=O) groups excluding carboxylic acids is 2. The van der Waals surface area contributed by atoms with Gasteiger partial charge in [-0.3, -0.25) is 4.79 Å². The van der Waals surface area contributed by atoms with Crippen LogP contribution in [0, 0.1) is 34.5 Å². The van der Waals surface area contributed by atoms with Gasteiger partial charge >= 0.3 is 5.97 Å². The van der Waals surface area contributed by atoms with Gasteiger partial charge in [0, 0.05) is 23.3 Å². The summed E-state index contributed by atoms with van der Waals surface area (Å²) in [6, 6.07) is 0. The van der Waals surface area contributed by atoms with Gasteiger partial charge in [-0.05, 0) is 83.6 Å². The van der Waals surface area contributed by atoms with Crippen LogP contribution in [0.2, 0.25) is 0 Å². The molecule has 8 heteroatoms. The maximum absolute atomic E-state index is 13.3. The maximum Gasteiger partial charge on any atom is 0.334 e. The van der Waals surface area contributed by atoms with Crippen LogP contribution in [-0.4, -0.2) is 68.0 Å². The molecule has 3 saturated carbocycles. The smallest absolute Gasteiger partial charge is 0.334 e. The Labute approximate surface area is 211 Å². The number of fused-ring (bicyclic) bond motifs is 4. The van der Waals surface area contributed by atoms with Crippen molar-refractivity contribution in [3.63, 3.8) is 0 Å². The number of hydrogen-bond acceptors (Lipinski definition) is 8. The van der Waals surface area contributed by atoms with Crippen LogP contribution < -0.4 is 0 Å². The molecule has 0 bridgehead atoms. The highest BCUT2D eigenvalue weighted by Crippen LogP contribution is 2.72. The van der Waals surface area contributed by atoms with Gasteiger partial charge in [-0.2, -0.15) is 0 Å². The van der Waals surface area contributed by atoms with Gasteiger partial charge in [0.1, 0.15) is 17.3 Å². The molecule has 2 aliphatic heterocycles. The number of hydrogen-bond donors (Lipinski definition) is 4. The Morgan fingerprint density at radius 3 is 2.50 bits per heavy atom. The number of aliphatic hydroxyl groups is 4. The van der Waals surface area contributed by atoms with Crippen molar-refractivity contribution in [2.24, 2.45) is 34.5 Å². The van der Waals surface area contributed by atoms with Gasteiger partial charge < -0.3 is 29.9 Å². The normalized spacial score (nSPS) is 56.1. The van der Waals surface area contributed by atoms with E-state index in [1.807, 2.05) is 13.8 Å². The number of ether oxygens (including phenoxy) is 2. The highest BCUT2D eigenvalue weighted by Gasteiger charge is 2.77. The van der Waals surface area contributed by atoms with Gasteiger partial charge in [0.25, 0.3) is 0 Å². The van der Waals surface area contributed by atoms with Crippen LogP contribution in [0.15, 0.2) is 23.3 Å². The minimum absolute atomic E-state index is 0.190. The molecule has 36 heavy (non-hydrogen) atoms. The molecule has 6 aliphatic rings. The van der Waals surface area contributed by atoms with E-state index >= 15 is 0 Å². The average Bonchev–Trinajstić information content (AvgIpc) is 3.24. The summed E-state index contributed by atoms with van der Waals surface area (Å²) in [7, 11) is 0. The average molecular weight is 503 g/mol. The van der Waals surface area contributed by atoms with Crippen LogP contribution >= 0.6 is 0 Å². The first-order valence-electron chi connectivity index (χ1n) is 13.3. The van der Waals surface area contributed by atoms with Crippen molar-refractivity contribution in [3.05, 3.63) is 23.3 Å². The zero-order valence-electron chi connectivity index (χ0n) is 21.4. The highest BCUT2D eigenvalue weighted by atomic mass is 16.6. The van der Waals surface area contributed by atoms with Gasteiger partial charge in [-0.25, -0.2) is 4.79 Å². The number of allylic oxidation sites excluding steroid dienone is 1. The molecule has 1 saturated heterocycles. The molecule has 0 aromatic rings. The summed E-state index contributed by atoms with van der Waals surface area (Å²) in [5, 5.41) is 45.9. The Morgan fingerprint density at radius 1 is 1.08 bits per heavy atom. The van der Waals surface area contributed by atoms with Crippen LogP contribution in [0.1, 0.15) is 66.2 Å². The third-order valence-corrected chi connectivity index (χ3v) is 11.8. The standard InChI is InChI=1S/C28H38O8/c1-13-10-21(35-23(32)14(13)2)26(4)18-12-17(29)22-15-11-20(31)28(34)8-5-6-19(30)25(28,3)16(15)7-9-27(18,22)24(33)36-26/h5-6,15-18,20-22,24,29,31,33-34H,7-12H2,1-4H3/t15-,16+,17+,18-,20-,21-,22-,24+,25+,26-,27+,28+/m1/s1. The van der Waals surface area contributed by atoms with Crippen molar-refractivity contribution in [1.82, 2.24) is 0 Å². The second kappa shape index (κ2) is 7.50. The SMILES string of the molecule is CC1=C(C)C(=O)O[C@@H]([C@]2(C)O[C@H](O)[C@]34CC[C@H]5[C@@H](C[C@@H](O)[C@@]6(O)CC=CC(=O)[C@]56C)[C@@H]3[C@@H](O)C[C@H]24)C1. The Balaban J connectivity index is 1.40. The quantitative estimate of drug-likeness (QED) is 0.399. The predicted molar refractivity (Wildman–Crippen MR) is 127 cm³/mol. The second-order valence-corrected chi connectivity index (χ2v) is 12.8. The lowest BCUT2D eigenvalue weighted by molar-refractivity contribution is -0.254. The molecule has 12 atom stereocenters. The number of ketones is 1. The fraction of sp³-hybridized carbons (Fsp3) is 0.786. The first-order valence-corrected chi connectivity index (χ1v) is 13.3. The van der Waals surface area contributed by atoms with Gasteiger partial charge in [0.15, 0.2) is 12.1 Å². The predicted octanol–water partition coefficient (Wildman–Crippen LogP) is 1.79. The third kappa shape index (κ3) is 2.67. The molecule has 2 heterocycles. The first-order chi connectivity index (χ1) is 16.8. The van der Waals surface area contributed by atoms with Crippen molar-refractivity contribution < 1.29 is 39.5 Å². The largest absolute Gasteiger partial charge is 0.456 e. The fourth-order valence-electron chi connectivity index (χ4n) is 9.65. The summed E-state index contributed by atoms with van der Waals surface area (Å²) in [5.41, 5.74) is -2.97. The molecule has 8 nitrogen and oxygen atoms in total. The molecular weight excluding hydrogens is 464 g/mol. The number of rotatable bonds is 1. The Kier molecular flexibility index (Phi) is 5.16. The van der Waals surface area contributed by atoms with E-state index in [4.69, 9.17) is 9.47 Å². The molecule has 0 aromatic heterocycles. The van der Waals surface area contributed by atoms with Crippen LogP contribution in [0.4, 0.5) is 0 Å². The van der Waals surface area contributed by atoms with Gasteiger partial charge in [0.05, 0.1) is 17.6 Å². The van der Waals surface area contributed by atoms with Crippen LogP contribution in [0.5, 0.6) is 0 Å². The van der Waals surface area contributed by atoms with Gasteiger partial charge in [-0.15, -0.1) is 0 Å². The molecule has 0 amide bonds. The number of cyclic esters (lactones) is 1. The van der Waals surface area contributed by atoms with E-state index in [0.717, 1.165) is 5.57 Å². The maximum atomic E-state index is 13.3. The molecular formula is C28H38O8. The van der Waals surface area contributed by atoms with Crippen molar-refractivity contribution in [2.45, 2.75) is 102 Å². The molecule has 0 radical (unpaired) electrons. The molecule has 4 fully saturated rings. The molecule has 0 unspecified atom stereocenters. The Hall–Kier alpha value is -1.58. The van der Waals surface area contributed by atoms with E-state index < -0.39 is 52.6 Å². The van der Waals surface area contributed by atoms with Crippen LogP contribution in [0.25, 0.3) is 0 Å². The zero-order valence-corrected chi connectivity index (χ0v) is 21.4. The van der Waals surface area contributed by atoms with Gasteiger partial charge in [0.2, 0.25) is 0 Å². The lowest BCUT2D eigenvalue weighted by Gasteiger charge is -2.63. The topological polar surface area (TPSA) is 134 Å². The number of aliphatic hydroxyl groups excluding tert-OH is 3. The van der Waals surface area contributed by atoms with E-state index in [0.29, 0.717) is 31.3 Å². The van der Waals surface area contributed by atoms with Crippen molar-refractivity contribution in [1.29, 1.82) is 0 Å². The molecule has 6 rings (SSSR count). The summed E-state index contributed by atoms with van der Waals surface area (Å²) >= 11 is 0. The van der Waals surface area contributed by atoms with E-state index in [9.17, 15) is 30.0 Å². The molecule has 4 N–H and O–H groups in total. The summed E-state index contributed by atoms with van der Waals surface area (Å²) in [6.45, 7) is 7.30. The van der Waals surface area contributed by atoms with Crippen molar-refractivity contribution in [3.8, 4) is 0 Å². The number of carbonyl (C=O) groups is 2. The summed E-state index contributed by atoms with van der Waals surface area (Å²) in [4.78, 5) is 25.8. The minimum Gasteiger partial charge on any atom is -0.456 e. The molecule has 4 aliphatic carbocycles. The number of esters is 1. The first kappa shape index (κ1) is 24.7. The Bertz CT molecular complexity index is 1080. The summed E-state index contributed by atoms with van der Waals surface area (Å²) in [6.07, 6.45) is 1.93. The van der Waals surface area contributed by atoms with Crippen LogP contribution in [0.3, 0.4) is 0 Å². The summed E-state index contributed by atoms with van der Waals surface area (Å²) < 4.78 is 12.2. The third-order valence-electron chi connectivity index (χ3n) is 11.8. The summed E-state index contributed by atoms with van der Waals surface area (Å²) in [5.74, 6) is -1.76. The van der Waals surface area contributed by atoms with E-state index in [2.05, 4.69) is 0 Å². The molecule has 1 spiro atoms. The Morgan fingerprint density at radius 2 is 1.81 bits per heavy atom. The van der Waals surface area contributed by atoms with E-state index in [1.54, 1.807) is 19.9 Å². The lowest BCUT2D eigenvalue weighted by atomic mass is 9.42. The minimum atomic E-state index is -1.55. The zero-order chi connectivity index (χ0) is 26.0. The lowest BCUT2D eigenvalue weighted by Crippen LogP contribution is -2.70. The van der Waals surface area contributed by atoms with Crippen LogP contribution in [-0.2, 0) is 19.1 Å². The molecule has 198 valence electrons. The van der Waals surface area contributed by atoms with E-state index in [1.165, 1.54) is 6.08 Å². The van der Waals surface area contributed by atoms with Gasteiger partial charge in [-0.1, -0.05) is 11.6 Å². The highest BCUT2D eigenvalue weighted by molar-refractivity contribution is 5.97. The van der Waals surface area contributed by atoms with Crippen molar-refractivity contribution in [2.75, 3.05) is 0 Å². The fourth-order valence-corrected chi connectivity index (χ4v) is 9.65. The second-order valence-electron chi connectivity index (χ2n) is 12.8.